The summed E-state index contributed by atoms with van der Waals surface area (Å²) in [4.78, 5) is 38.5. The molecule has 2 aromatic heterocycles. The van der Waals surface area contributed by atoms with Crippen LogP contribution in [-0.2, 0) is 9.59 Å². The van der Waals surface area contributed by atoms with Crippen molar-refractivity contribution in [1.82, 2.24) is 10.3 Å². The van der Waals surface area contributed by atoms with Gasteiger partial charge in [0.2, 0.25) is 11.8 Å². The number of primary amides is 1. The summed E-state index contributed by atoms with van der Waals surface area (Å²) in [6, 6.07) is 3.15. The van der Waals surface area contributed by atoms with Crippen LogP contribution < -0.4 is 16.4 Å². The molecule has 2 heterocycles. The zero-order chi connectivity index (χ0) is 17.5. The third kappa shape index (κ3) is 5.39. The summed E-state index contributed by atoms with van der Waals surface area (Å²) in [6.45, 7) is 1.97. The van der Waals surface area contributed by atoms with Gasteiger partial charge in [-0.3, -0.25) is 14.4 Å². The molecule has 0 unspecified atom stereocenters. The highest BCUT2D eigenvalue weighted by Gasteiger charge is 2.13. The summed E-state index contributed by atoms with van der Waals surface area (Å²) >= 11 is 2.56. The Morgan fingerprint density at radius 2 is 2.21 bits per heavy atom. The Morgan fingerprint density at radius 3 is 2.88 bits per heavy atom. The number of hydrogen-bond acceptors (Lipinski definition) is 7. The second-order valence-corrected chi connectivity index (χ2v) is 6.92. The number of thiazole rings is 1. The Kier molecular flexibility index (Phi) is 6.38. The second-order valence-electron chi connectivity index (χ2n) is 4.68. The Bertz CT molecular complexity index is 727. The van der Waals surface area contributed by atoms with Crippen LogP contribution >= 0.6 is 23.1 Å². The molecular formula is C14H16N4O4S2. The highest BCUT2D eigenvalue weighted by Crippen LogP contribution is 2.31. The van der Waals surface area contributed by atoms with Gasteiger partial charge in [-0.25, -0.2) is 4.98 Å². The summed E-state index contributed by atoms with van der Waals surface area (Å²) in [7, 11) is 0. The molecule has 0 saturated heterocycles. The van der Waals surface area contributed by atoms with Gasteiger partial charge in [-0.05, 0) is 19.1 Å². The highest BCUT2D eigenvalue weighted by molar-refractivity contribution is 8.01. The smallest absolute Gasteiger partial charge is 0.286 e. The van der Waals surface area contributed by atoms with Crippen molar-refractivity contribution < 1.29 is 18.8 Å². The molecule has 0 aliphatic carbocycles. The Hall–Kier alpha value is -2.33. The van der Waals surface area contributed by atoms with E-state index in [1.54, 1.807) is 19.1 Å². The third-order valence-corrected chi connectivity index (χ3v) is 5.19. The van der Waals surface area contributed by atoms with E-state index in [2.05, 4.69) is 15.6 Å². The van der Waals surface area contributed by atoms with Crippen LogP contribution in [0.1, 0.15) is 22.7 Å². The fourth-order valence-corrected chi connectivity index (χ4v) is 3.57. The molecule has 8 nitrogen and oxygen atoms in total. The number of thioether (sulfide) groups is 1. The largest absolute Gasteiger partial charge is 0.459 e. The number of hydrogen-bond donors (Lipinski definition) is 3. The predicted octanol–water partition coefficient (Wildman–Crippen LogP) is 1.38. The molecule has 2 rings (SSSR count). The normalized spacial score (nSPS) is 10.4. The fraction of sp³-hybridized carbons (Fsp3) is 0.286. The topological polar surface area (TPSA) is 127 Å². The van der Waals surface area contributed by atoms with Crippen LogP contribution in [-0.4, -0.2) is 35.0 Å². The van der Waals surface area contributed by atoms with Crippen LogP contribution in [0.2, 0.25) is 0 Å². The second kappa shape index (κ2) is 8.50. The molecular weight excluding hydrogens is 352 g/mol. The molecule has 10 heteroatoms. The number of amides is 3. The minimum atomic E-state index is -0.411. The van der Waals surface area contributed by atoms with Gasteiger partial charge in [0.15, 0.2) is 10.9 Å². The quantitative estimate of drug-likeness (QED) is 0.604. The number of aromatic nitrogens is 1. The molecule has 4 N–H and O–H groups in total. The third-order valence-electron chi connectivity index (χ3n) is 2.73. The SMILES string of the molecule is Cc1nc(NC(=O)CCNC(=O)c2ccco2)sc1SCC(N)=O. The minimum absolute atomic E-state index is 0.106. The lowest BCUT2D eigenvalue weighted by molar-refractivity contribution is -0.116. The van der Waals surface area contributed by atoms with Gasteiger partial charge in [0.05, 0.1) is 21.9 Å². The van der Waals surface area contributed by atoms with Crippen molar-refractivity contribution >= 4 is 46.0 Å². The zero-order valence-electron chi connectivity index (χ0n) is 12.8. The molecule has 2 aromatic rings. The fourth-order valence-electron chi connectivity index (χ4n) is 1.67. The summed E-state index contributed by atoms with van der Waals surface area (Å²) in [5.74, 6) is -0.694. The van der Waals surface area contributed by atoms with Crippen molar-refractivity contribution in [2.24, 2.45) is 5.73 Å². The molecule has 0 spiro atoms. The molecule has 0 saturated carbocycles. The van der Waals surface area contributed by atoms with Crippen molar-refractivity contribution in [3.8, 4) is 0 Å². The molecule has 0 fully saturated rings. The van der Waals surface area contributed by atoms with Gasteiger partial charge >= 0.3 is 0 Å². The average Bonchev–Trinajstić information content (AvgIpc) is 3.15. The van der Waals surface area contributed by atoms with E-state index in [1.165, 1.54) is 29.4 Å². The standard InChI is InChI=1S/C14H16N4O4S2/c1-8-13(23-7-10(15)19)24-14(17-8)18-11(20)4-5-16-12(21)9-3-2-6-22-9/h2-3,6H,4-5,7H2,1H3,(H2,15,19)(H,16,21)(H,17,18,20). The lowest BCUT2D eigenvalue weighted by Crippen LogP contribution is -2.27. The van der Waals surface area contributed by atoms with Gasteiger partial charge in [-0.15, -0.1) is 11.8 Å². The van der Waals surface area contributed by atoms with Crippen molar-refractivity contribution in [3.63, 3.8) is 0 Å². The van der Waals surface area contributed by atoms with Crippen LogP contribution in [0.5, 0.6) is 0 Å². The number of anilines is 1. The first-order valence-corrected chi connectivity index (χ1v) is 8.76. The zero-order valence-corrected chi connectivity index (χ0v) is 14.5. The van der Waals surface area contributed by atoms with E-state index < -0.39 is 5.91 Å². The minimum Gasteiger partial charge on any atom is -0.459 e. The number of nitrogens with two attached hydrogens (primary N) is 1. The van der Waals surface area contributed by atoms with Crippen LogP contribution in [0.4, 0.5) is 5.13 Å². The van der Waals surface area contributed by atoms with Crippen LogP contribution in [0.15, 0.2) is 27.0 Å². The van der Waals surface area contributed by atoms with Crippen molar-refractivity contribution in [2.75, 3.05) is 17.6 Å². The lowest BCUT2D eigenvalue weighted by atomic mass is 10.3. The first-order chi connectivity index (χ1) is 11.5. The van der Waals surface area contributed by atoms with E-state index >= 15 is 0 Å². The van der Waals surface area contributed by atoms with Gasteiger partial charge in [-0.1, -0.05) is 11.3 Å². The van der Waals surface area contributed by atoms with Crippen molar-refractivity contribution in [1.29, 1.82) is 0 Å². The summed E-state index contributed by atoms with van der Waals surface area (Å²) in [5, 5.41) is 5.69. The number of nitrogens with one attached hydrogen (secondary N) is 2. The average molecular weight is 368 g/mol. The molecule has 0 aromatic carbocycles. The monoisotopic (exact) mass is 368 g/mol. The van der Waals surface area contributed by atoms with Crippen LogP contribution in [0.3, 0.4) is 0 Å². The summed E-state index contributed by atoms with van der Waals surface area (Å²) in [6.07, 6.45) is 1.51. The van der Waals surface area contributed by atoms with E-state index in [0.29, 0.717) is 5.13 Å². The number of carbonyl (C=O) groups is 3. The van der Waals surface area contributed by atoms with Crippen molar-refractivity contribution in [2.45, 2.75) is 17.6 Å². The maximum Gasteiger partial charge on any atom is 0.286 e. The van der Waals surface area contributed by atoms with E-state index in [-0.39, 0.29) is 36.3 Å². The summed E-state index contributed by atoms with van der Waals surface area (Å²) < 4.78 is 5.78. The van der Waals surface area contributed by atoms with E-state index in [0.717, 1.165) is 9.90 Å². The number of carbonyl (C=O) groups excluding carboxylic acids is 3. The molecule has 3 amide bonds. The Morgan fingerprint density at radius 1 is 1.42 bits per heavy atom. The number of furan rings is 1. The molecule has 0 aliphatic rings. The first-order valence-electron chi connectivity index (χ1n) is 6.96. The molecule has 0 atom stereocenters. The van der Waals surface area contributed by atoms with Gasteiger partial charge in [-0.2, -0.15) is 0 Å². The molecule has 24 heavy (non-hydrogen) atoms. The van der Waals surface area contributed by atoms with Crippen LogP contribution in [0.25, 0.3) is 0 Å². The predicted molar refractivity (Wildman–Crippen MR) is 91.1 cm³/mol. The molecule has 0 bridgehead atoms. The van der Waals surface area contributed by atoms with Crippen molar-refractivity contribution in [3.05, 3.63) is 29.9 Å². The number of aryl methyl sites for hydroxylation is 1. The van der Waals surface area contributed by atoms with E-state index in [1.807, 2.05) is 0 Å². The maximum absolute atomic E-state index is 11.9. The van der Waals surface area contributed by atoms with E-state index in [9.17, 15) is 14.4 Å². The number of rotatable bonds is 8. The van der Waals surface area contributed by atoms with Gasteiger partial charge in [0, 0.05) is 13.0 Å². The van der Waals surface area contributed by atoms with Gasteiger partial charge < -0.3 is 20.8 Å². The highest BCUT2D eigenvalue weighted by atomic mass is 32.2. The van der Waals surface area contributed by atoms with Gasteiger partial charge in [0.1, 0.15) is 0 Å². The van der Waals surface area contributed by atoms with E-state index in [4.69, 9.17) is 10.2 Å². The van der Waals surface area contributed by atoms with Crippen LogP contribution in [0, 0.1) is 6.92 Å². The Balaban J connectivity index is 1.77. The van der Waals surface area contributed by atoms with Gasteiger partial charge in [0.25, 0.3) is 5.91 Å². The maximum atomic E-state index is 11.9. The summed E-state index contributed by atoms with van der Waals surface area (Å²) in [5.41, 5.74) is 5.84. The molecule has 0 aliphatic heterocycles. The Labute approximate surface area is 146 Å². The number of nitrogens with zero attached hydrogens (tertiary/aromatic N) is 1. The molecule has 0 radical (unpaired) electrons. The first kappa shape index (κ1) is 18.0. The molecule has 128 valence electrons. The lowest BCUT2D eigenvalue weighted by Gasteiger charge is -2.03.